The molecule has 1 aromatic carbocycles. The second-order valence-electron chi connectivity index (χ2n) is 5.41. The lowest BCUT2D eigenvalue weighted by Gasteiger charge is -2.01. The third-order valence-corrected chi connectivity index (χ3v) is 3.76. The number of aryl methyl sites for hydroxylation is 3. The first-order valence-corrected chi connectivity index (χ1v) is 7.16. The number of hydrogen-bond acceptors (Lipinski definition) is 4. The van der Waals surface area contributed by atoms with Crippen LogP contribution >= 0.6 is 0 Å². The van der Waals surface area contributed by atoms with Crippen molar-refractivity contribution in [2.75, 3.05) is 0 Å². The van der Waals surface area contributed by atoms with Gasteiger partial charge < -0.3 is 5.11 Å². The maximum atomic E-state index is 9.27. The van der Waals surface area contributed by atoms with Crippen molar-refractivity contribution in [2.45, 2.75) is 27.4 Å². The van der Waals surface area contributed by atoms with E-state index < -0.39 is 0 Å². The van der Waals surface area contributed by atoms with Crippen molar-refractivity contribution in [3.8, 4) is 0 Å². The normalized spacial score (nSPS) is 11.6. The number of pyridine rings is 1. The van der Waals surface area contributed by atoms with Crippen LogP contribution < -0.4 is 0 Å². The minimum atomic E-state index is -0.0130. The van der Waals surface area contributed by atoms with Gasteiger partial charge in [0.2, 0.25) is 0 Å². The Hall–Kier alpha value is -2.53. The van der Waals surface area contributed by atoms with E-state index in [4.69, 9.17) is 0 Å². The van der Waals surface area contributed by atoms with Crippen LogP contribution in [0.25, 0.3) is 5.65 Å². The van der Waals surface area contributed by atoms with Crippen LogP contribution in [0.4, 0.5) is 11.5 Å². The fraction of sp³-hybridized carbons (Fsp3) is 0.235. The number of rotatable bonds is 3. The van der Waals surface area contributed by atoms with Crippen molar-refractivity contribution >= 4 is 17.2 Å². The number of aliphatic hydroxyl groups is 1. The van der Waals surface area contributed by atoms with Gasteiger partial charge in [-0.25, -0.2) is 4.98 Å². The molecule has 1 N–H and O–H groups in total. The molecule has 0 saturated heterocycles. The largest absolute Gasteiger partial charge is 0.392 e. The average Bonchev–Trinajstić information content (AvgIpc) is 2.83. The van der Waals surface area contributed by atoms with Crippen LogP contribution in [0.15, 0.2) is 46.8 Å². The first-order chi connectivity index (χ1) is 10.6. The highest BCUT2D eigenvalue weighted by Crippen LogP contribution is 2.25. The molecule has 0 saturated carbocycles. The summed E-state index contributed by atoms with van der Waals surface area (Å²) in [6.45, 7) is 6.02. The quantitative estimate of drug-likeness (QED) is 0.737. The molecule has 0 aliphatic heterocycles. The summed E-state index contributed by atoms with van der Waals surface area (Å²) < 4.78 is 1.85. The van der Waals surface area contributed by atoms with Crippen molar-refractivity contribution in [3.63, 3.8) is 0 Å². The van der Waals surface area contributed by atoms with Crippen molar-refractivity contribution in [2.24, 2.45) is 10.2 Å². The van der Waals surface area contributed by atoms with Gasteiger partial charge in [0.25, 0.3) is 0 Å². The van der Waals surface area contributed by atoms with Gasteiger partial charge in [0.15, 0.2) is 5.82 Å². The molecule has 0 bridgehead atoms. The van der Waals surface area contributed by atoms with E-state index in [9.17, 15) is 5.11 Å². The van der Waals surface area contributed by atoms with E-state index in [-0.39, 0.29) is 6.61 Å². The van der Waals surface area contributed by atoms with Crippen LogP contribution in [0.1, 0.15) is 22.4 Å². The van der Waals surface area contributed by atoms with E-state index >= 15 is 0 Å². The number of hydrogen-bond donors (Lipinski definition) is 1. The molecular weight excluding hydrogens is 276 g/mol. The Balaban J connectivity index is 2.03. The Morgan fingerprint density at radius 2 is 1.86 bits per heavy atom. The summed E-state index contributed by atoms with van der Waals surface area (Å²) in [5.41, 5.74) is 5.65. The maximum absolute atomic E-state index is 9.27. The topological polar surface area (TPSA) is 62.2 Å². The zero-order valence-corrected chi connectivity index (χ0v) is 12.9. The van der Waals surface area contributed by atoms with Crippen LogP contribution in [0.5, 0.6) is 0 Å². The third-order valence-electron chi connectivity index (χ3n) is 3.76. The zero-order valence-electron chi connectivity index (χ0n) is 12.9. The number of aromatic nitrogens is 2. The minimum absolute atomic E-state index is 0.0130. The van der Waals surface area contributed by atoms with Gasteiger partial charge in [-0.3, -0.25) is 4.40 Å². The molecule has 0 amide bonds. The van der Waals surface area contributed by atoms with Gasteiger partial charge in [0.1, 0.15) is 5.65 Å². The number of imidazole rings is 1. The van der Waals surface area contributed by atoms with Crippen LogP contribution in [0.3, 0.4) is 0 Å². The highest BCUT2D eigenvalue weighted by molar-refractivity contribution is 5.53. The van der Waals surface area contributed by atoms with Crippen molar-refractivity contribution in [3.05, 3.63) is 58.9 Å². The molecule has 2 heterocycles. The molecule has 5 heteroatoms. The van der Waals surface area contributed by atoms with Gasteiger partial charge in [0.05, 0.1) is 18.0 Å². The van der Waals surface area contributed by atoms with E-state index in [1.54, 1.807) is 0 Å². The lowest BCUT2D eigenvalue weighted by Crippen LogP contribution is -1.89. The highest BCUT2D eigenvalue weighted by atomic mass is 16.3. The van der Waals surface area contributed by atoms with Crippen molar-refractivity contribution in [1.29, 1.82) is 0 Å². The van der Waals surface area contributed by atoms with Crippen LogP contribution in [-0.4, -0.2) is 14.5 Å². The van der Waals surface area contributed by atoms with E-state index in [2.05, 4.69) is 29.1 Å². The fourth-order valence-corrected chi connectivity index (χ4v) is 2.30. The maximum Gasteiger partial charge on any atom is 0.182 e. The molecule has 3 rings (SSSR count). The minimum Gasteiger partial charge on any atom is -0.392 e. The SMILES string of the molecule is Cc1ccc(N=Nc2c(C)nc3ccc(CO)cn23)cc1C. The Bertz CT molecular complexity index is 864. The fourth-order valence-electron chi connectivity index (χ4n) is 2.30. The van der Waals surface area contributed by atoms with E-state index in [0.717, 1.165) is 22.6 Å². The summed E-state index contributed by atoms with van der Waals surface area (Å²) >= 11 is 0. The molecule has 3 aromatic rings. The number of fused-ring (bicyclic) bond motifs is 1. The summed E-state index contributed by atoms with van der Waals surface area (Å²) in [6, 6.07) is 9.72. The molecule has 0 fully saturated rings. The van der Waals surface area contributed by atoms with Crippen LogP contribution in [-0.2, 0) is 6.61 Å². The van der Waals surface area contributed by atoms with Gasteiger partial charge in [-0.15, -0.1) is 10.2 Å². The molecule has 0 spiro atoms. The molecule has 0 aliphatic carbocycles. The standard InChI is InChI=1S/C17H18N4O/c1-11-4-6-15(8-12(11)2)19-20-17-13(3)18-16-7-5-14(10-22)9-21(16)17/h4-9,22H,10H2,1-3H3. The van der Waals surface area contributed by atoms with E-state index in [0.29, 0.717) is 5.82 Å². The summed E-state index contributed by atoms with van der Waals surface area (Å²) in [6.07, 6.45) is 1.84. The first kappa shape index (κ1) is 14.4. The van der Waals surface area contributed by atoms with Gasteiger partial charge in [-0.2, -0.15) is 0 Å². The van der Waals surface area contributed by atoms with Gasteiger partial charge in [-0.1, -0.05) is 12.1 Å². The molecule has 0 radical (unpaired) electrons. The lowest BCUT2D eigenvalue weighted by atomic mass is 10.1. The van der Waals surface area contributed by atoms with Gasteiger partial charge in [0, 0.05) is 6.20 Å². The summed E-state index contributed by atoms with van der Waals surface area (Å²) in [4.78, 5) is 4.46. The molecule has 0 aliphatic rings. The average molecular weight is 294 g/mol. The predicted octanol–water partition coefficient (Wildman–Crippen LogP) is 4.17. The summed E-state index contributed by atoms with van der Waals surface area (Å²) in [5, 5.41) is 17.9. The number of benzene rings is 1. The molecule has 5 nitrogen and oxygen atoms in total. The molecule has 0 unspecified atom stereocenters. The van der Waals surface area contributed by atoms with Gasteiger partial charge >= 0.3 is 0 Å². The monoisotopic (exact) mass is 294 g/mol. The Morgan fingerprint density at radius 1 is 1.05 bits per heavy atom. The number of nitrogens with zero attached hydrogens (tertiary/aromatic N) is 4. The second-order valence-corrected chi connectivity index (χ2v) is 5.41. The third kappa shape index (κ3) is 2.63. The smallest absolute Gasteiger partial charge is 0.182 e. The summed E-state index contributed by atoms with van der Waals surface area (Å²) in [5.74, 6) is 0.684. The Kier molecular flexibility index (Phi) is 3.73. The van der Waals surface area contributed by atoms with E-state index in [1.165, 1.54) is 11.1 Å². The molecule has 22 heavy (non-hydrogen) atoms. The number of aliphatic hydroxyl groups excluding tert-OH is 1. The highest BCUT2D eigenvalue weighted by Gasteiger charge is 2.08. The van der Waals surface area contributed by atoms with Gasteiger partial charge in [-0.05, 0) is 55.7 Å². The number of azo groups is 1. The van der Waals surface area contributed by atoms with Crippen LogP contribution in [0, 0.1) is 20.8 Å². The summed E-state index contributed by atoms with van der Waals surface area (Å²) in [7, 11) is 0. The molecule has 2 aromatic heterocycles. The van der Waals surface area contributed by atoms with Crippen molar-refractivity contribution in [1.82, 2.24) is 9.38 Å². The Labute approximate surface area is 129 Å². The molecular formula is C17H18N4O. The van der Waals surface area contributed by atoms with E-state index in [1.807, 2.05) is 47.9 Å². The zero-order chi connectivity index (χ0) is 15.7. The second kappa shape index (κ2) is 5.69. The lowest BCUT2D eigenvalue weighted by molar-refractivity contribution is 0.281. The molecule has 112 valence electrons. The Morgan fingerprint density at radius 3 is 2.59 bits per heavy atom. The van der Waals surface area contributed by atoms with Crippen LogP contribution in [0.2, 0.25) is 0 Å². The van der Waals surface area contributed by atoms with Crippen molar-refractivity contribution < 1.29 is 5.11 Å². The first-order valence-electron chi connectivity index (χ1n) is 7.16. The molecule has 0 atom stereocenters. The predicted molar refractivity (Wildman–Crippen MR) is 85.9 cm³/mol.